The predicted octanol–water partition coefficient (Wildman–Crippen LogP) is 4.05. The van der Waals surface area contributed by atoms with Crippen LogP contribution in [0.3, 0.4) is 0 Å². The molecule has 160 valence electrons. The van der Waals surface area contributed by atoms with Crippen molar-refractivity contribution < 1.29 is 17.9 Å². The summed E-state index contributed by atoms with van der Waals surface area (Å²) in [4.78, 5) is 13.7. The van der Waals surface area contributed by atoms with Crippen LogP contribution in [-0.4, -0.2) is 38.3 Å². The van der Waals surface area contributed by atoms with E-state index in [-0.39, 0.29) is 16.8 Å². The number of ether oxygens (including phenoxy) is 1. The lowest BCUT2D eigenvalue weighted by Crippen LogP contribution is -2.37. The van der Waals surface area contributed by atoms with Gasteiger partial charge in [0.2, 0.25) is 15.9 Å². The average Bonchev–Trinajstić information content (AvgIpc) is 2.99. The third kappa shape index (κ3) is 3.96. The molecule has 0 aromatic heterocycles. The van der Waals surface area contributed by atoms with Gasteiger partial charge >= 0.3 is 0 Å². The average molecular weight is 429 g/mol. The lowest BCUT2D eigenvalue weighted by molar-refractivity contribution is -0.116. The molecule has 1 saturated heterocycles. The number of amides is 1. The zero-order valence-corrected chi connectivity index (χ0v) is 18.3. The van der Waals surface area contributed by atoms with Gasteiger partial charge in [0.25, 0.3) is 0 Å². The van der Waals surface area contributed by atoms with E-state index in [9.17, 15) is 13.2 Å². The smallest absolute Gasteiger partial charge is 0.243 e. The molecule has 6 nitrogen and oxygen atoms in total. The summed E-state index contributed by atoms with van der Waals surface area (Å²) in [6.45, 7) is 4.85. The molecule has 2 aromatic rings. The molecule has 1 atom stereocenters. The van der Waals surface area contributed by atoms with Crippen LogP contribution in [0.15, 0.2) is 47.4 Å². The van der Waals surface area contributed by atoms with Crippen molar-refractivity contribution in [2.45, 2.75) is 50.5 Å². The van der Waals surface area contributed by atoms with Gasteiger partial charge in [0.1, 0.15) is 12.4 Å². The number of rotatable bonds is 3. The Balaban J connectivity index is 1.73. The van der Waals surface area contributed by atoms with Crippen LogP contribution in [0.5, 0.6) is 5.75 Å². The van der Waals surface area contributed by atoms with Gasteiger partial charge in [-0.05, 0) is 37.5 Å². The summed E-state index contributed by atoms with van der Waals surface area (Å²) in [5, 5.41) is 0. The van der Waals surface area contributed by atoms with Crippen molar-refractivity contribution in [3.8, 4) is 5.75 Å². The first-order valence-electron chi connectivity index (χ1n) is 10.5. The number of carbonyl (C=O) groups is 1. The molecule has 2 heterocycles. The number of aryl methyl sites for hydroxylation is 1. The van der Waals surface area contributed by atoms with E-state index in [1.165, 1.54) is 6.92 Å². The Labute approximate surface area is 178 Å². The van der Waals surface area contributed by atoms with Crippen molar-refractivity contribution in [2.75, 3.05) is 24.6 Å². The van der Waals surface area contributed by atoms with Crippen LogP contribution in [0.1, 0.15) is 49.8 Å². The molecule has 30 heavy (non-hydrogen) atoms. The van der Waals surface area contributed by atoms with E-state index in [2.05, 4.69) is 6.07 Å². The molecule has 1 fully saturated rings. The highest BCUT2D eigenvalue weighted by molar-refractivity contribution is 7.89. The Hall–Kier alpha value is -2.38. The minimum atomic E-state index is -3.72. The molecule has 4 rings (SSSR count). The minimum absolute atomic E-state index is 0.0813. The molecule has 7 heteroatoms. The first kappa shape index (κ1) is 20.9. The molecule has 0 bridgehead atoms. The topological polar surface area (TPSA) is 66.9 Å². The summed E-state index contributed by atoms with van der Waals surface area (Å²) in [6.07, 6.45) is 3.68. The van der Waals surface area contributed by atoms with Crippen LogP contribution in [0.4, 0.5) is 5.69 Å². The Morgan fingerprint density at radius 3 is 2.67 bits per heavy atom. The van der Waals surface area contributed by atoms with Crippen molar-refractivity contribution in [1.82, 2.24) is 4.31 Å². The molecule has 0 N–H and O–H groups in total. The van der Waals surface area contributed by atoms with Gasteiger partial charge in [-0.1, -0.05) is 42.7 Å². The molecule has 2 aromatic carbocycles. The maximum atomic E-state index is 13.7. The van der Waals surface area contributed by atoms with E-state index >= 15 is 0 Å². The van der Waals surface area contributed by atoms with Gasteiger partial charge in [0.05, 0.1) is 23.2 Å². The monoisotopic (exact) mass is 428 g/mol. The van der Waals surface area contributed by atoms with Gasteiger partial charge < -0.3 is 9.64 Å². The van der Waals surface area contributed by atoms with Crippen LogP contribution in [-0.2, 0) is 14.8 Å². The number of benzene rings is 2. The molecule has 2 aliphatic rings. The van der Waals surface area contributed by atoms with E-state index < -0.39 is 10.0 Å². The maximum absolute atomic E-state index is 13.7. The van der Waals surface area contributed by atoms with Crippen molar-refractivity contribution in [3.63, 3.8) is 0 Å². The van der Waals surface area contributed by atoms with Crippen molar-refractivity contribution in [1.29, 1.82) is 0 Å². The summed E-state index contributed by atoms with van der Waals surface area (Å²) in [7, 11) is -3.72. The summed E-state index contributed by atoms with van der Waals surface area (Å²) in [5.41, 5.74) is 2.79. The fraction of sp³-hybridized carbons (Fsp3) is 0.435. The lowest BCUT2D eigenvalue weighted by Gasteiger charge is -2.31. The second kappa shape index (κ2) is 8.40. The van der Waals surface area contributed by atoms with E-state index in [0.29, 0.717) is 31.1 Å². The normalized spacial score (nSPS) is 20.2. The van der Waals surface area contributed by atoms with E-state index in [1.54, 1.807) is 27.4 Å². The van der Waals surface area contributed by atoms with Crippen LogP contribution in [0.25, 0.3) is 0 Å². The fourth-order valence-corrected chi connectivity index (χ4v) is 6.10. The number of anilines is 1. The number of hydrogen-bond acceptors (Lipinski definition) is 4. The second-order valence-corrected chi connectivity index (χ2v) is 9.93. The van der Waals surface area contributed by atoms with Gasteiger partial charge in [-0.2, -0.15) is 4.31 Å². The fourth-order valence-electron chi connectivity index (χ4n) is 4.40. The van der Waals surface area contributed by atoms with Crippen LogP contribution < -0.4 is 9.64 Å². The SMILES string of the molecule is CC(=O)N1CCOc2cc(S(=O)(=O)N3CCCCC[C@@H]3c3cccc(C)c3)ccc21. The molecule has 0 unspecified atom stereocenters. The molecule has 0 saturated carbocycles. The van der Waals surface area contributed by atoms with Crippen molar-refractivity contribution in [2.24, 2.45) is 0 Å². The van der Waals surface area contributed by atoms with Gasteiger partial charge in [0, 0.05) is 19.5 Å². The highest BCUT2D eigenvalue weighted by Crippen LogP contribution is 2.38. The molecule has 0 spiro atoms. The summed E-state index contributed by atoms with van der Waals surface area (Å²) in [5.74, 6) is 0.363. The summed E-state index contributed by atoms with van der Waals surface area (Å²) < 4.78 is 34.8. The molecule has 1 amide bonds. The van der Waals surface area contributed by atoms with E-state index in [4.69, 9.17) is 4.74 Å². The van der Waals surface area contributed by atoms with Gasteiger partial charge in [-0.3, -0.25) is 4.79 Å². The quantitative estimate of drug-likeness (QED) is 0.740. The number of nitrogens with zero attached hydrogens (tertiary/aromatic N) is 2. The first-order chi connectivity index (χ1) is 14.4. The number of sulfonamides is 1. The Bertz CT molecular complexity index is 1050. The Morgan fingerprint density at radius 1 is 1.07 bits per heavy atom. The van der Waals surface area contributed by atoms with E-state index in [1.807, 2.05) is 25.1 Å². The first-order valence-corrected chi connectivity index (χ1v) is 12.0. The summed E-state index contributed by atoms with van der Waals surface area (Å²) >= 11 is 0. The highest BCUT2D eigenvalue weighted by Gasteiger charge is 2.34. The zero-order chi connectivity index (χ0) is 21.3. The molecule has 0 radical (unpaired) electrons. The molecular weight excluding hydrogens is 400 g/mol. The van der Waals surface area contributed by atoms with Gasteiger partial charge in [-0.25, -0.2) is 8.42 Å². The number of carbonyl (C=O) groups excluding carboxylic acids is 1. The second-order valence-electron chi connectivity index (χ2n) is 8.04. The highest BCUT2D eigenvalue weighted by atomic mass is 32.2. The summed E-state index contributed by atoms with van der Waals surface area (Å²) in [6, 6.07) is 12.8. The lowest BCUT2D eigenvalue weighted by atomic mass is 10.0. The number of fused-ring (bicyclic) bond motifs is 1. The van der Waals surface area contributed by atoms with Crippen LogP contribution in [0.2, 0.25) is 0 Å². The molecule has 2 aliphatic heterocycles. The Kier molecular flexibility index (Phi) is 5.84. The predicted molar refractivity (Wildman–Crippen MR) is 116 cm³/mol. The van der Waals surface area contributed by atoms with Crippen LogP contribution >= 0.6 is 0 Å². The third-order valence-electron chi connectivity index (χ3n) is 5.91. The van der Waals surface area contributed by atoms with Gasteiger partial charge in [0.15, 0.2) is 0 Å². The van der Waals surface area contributed by atoms with Crippen molar-refractivity contribution in [3.05, 3.63) is 53.6 Å². The number of hydrogen-bond donors (Lipinski definition) is 0. The molecular formula is C23H28N2O4S. The maximum Gasteiger partial charge on any atom is 0.243 e. The van der Waals surface area contributed by atoms with Crippen LogP contribution in [0, 0.1) is 6.92 Å². The third-order valence-corrected chi connectivity index (χ3v) is 7.82. The van der Waals surface area contributed by atoms with Gasteiger partial charge in [-0.15, -0.1) is 0 Å². The largest absolute Gasteiger partial charge is 0.489 e. The minimum Gasteiger partial charge on any atom is -0.489 e. The van der Waals surface area contributed by atoms with Crippen molar-refractivity contribution >= 4 is 21.6 Å². The molecule has 0 aliphatic carbocycles. The zero-order valence-electron chi connectivity index (χ0n) is 17.5. The van der Waals surface area contributed by atoms with E-state index in [0.717, 1.165) is 36.8 Å². The Morgan fingerprint density at radius 2 is 1.90 bits per heavy atom. The standard InChI is InChI=1S/C23H28N2O4S/c1-17-7-6-8-19(15-17)21-9-4-3-5-12-25(21)30(27,28)20-10-11-22-23(16-20)29-14-13-24(22)18(2)26/h6-8,10-11,15-16,21H,3-5,9,12-14H2,1-2H3/t21-/m1/s1.